The number of anilines is 1. The van der Waals surface area contributed by atoms with E-state index >= 15 is 0 Å². The topological polar surface area (TPSA) is 41.6 Å². The molecule has 1 fully saturated rings. The molecule has 0 unspecified atom stereocenters. The van der Waals surface area contributed by atoms with Gasteiger partial charge in [-0.2, -0.15) is 0 Å². The van der Waals surface area contributed by atoms with E-state index in [0.717, 1.165) is 55.1 Å². The standard InChI is InChI=1S/C31H55N3O2/c1-4-5-6-7-8-9-10-11-12-13-14-15-16-17-23-34(25-27-36-28-26-34)24-22-32-31(35)29-18-20-30(21-19-29)33(2)3/h18-21H,4-17,22-28H2,1-3H3/p+1. The van der Waals surface area contributed by atoms with E-state index in [2.05, 4.69) is 12.2 Å². The molecule has 2 rings (SSSR count). The number of amides is 1. The van der Waals surface area contributed by atoms with Gasteiger partial charge in [0.1, 0.15) is 13.1 Å². The van der Waals surface area contributed by atoms with E-state index in [1.165, 1.54) is 96.4 Å². The van der Waals surface area contributed by atoms with Crippen molar-refractivity contribution in [1.82, 2.24) is 5.32 Å². The first-order chi connectivity index (χ1) is 17.6. The zero-order valence-corrected chi connectivity index (χ0v) is 23.9. The number of hydrogen-bond acceptors (Lipinski definition) is 3. The van der Waals surface area contributed by atoms with Gasteiger partial charge in [0.2, 0.25) is 0 Å². The number of unbranched alkanes of at least 4 members (excludes halogenated alkanes) is 13. The van der Waals surface area contributed by atoms with Gasteiger partial charge in [-0.25, -0.2) is 0 Å². The van der Waals surface area contributed by atoms with Crippen LogP contribution in [0.5, 0.6) is 0 Å². The second-order valence-corrected chi connectivity index (χ2v) is 11.1. The van der Waals surface area contributed by atoms with E-state index < -0.39 is 0 Å². The predicted octanol–water partition coefficient (Wildman–Crippen LogP) is 6.81. The van der Waals surface area contributed by atoms with Crippen molar-refractivity contribution in [2.24, 2.45) is 0 Å². The first-order valence-electron chi connectivity index (χ1n) is 15.0. The summed E-state index contributed by atoms with van der Waals surface area (Å²) in [7, 11) is 4.02. The third-order valence-electron chi connectivity index (χ3n) is 7.92. The molecule has 0 bridgehead atoms. The first-order valence-corrected chi connectivity index (χ1v) is 15.0. The number of hydrogen-bond donors (Lipinski definition) is 1. The molecular formula is C31H56N3O2+. The van der Waals surface area contributed by atoms with Crippen LogP contribution in [-0.2, 0) is 4.74 Å². The Morgan fingerprint density at radius 2 is 1.28 bits per heavy atom. The number of carbonyl (C=O) groups excluding carboxylic acids is 1. The van der Waals surface area contributed by atoms with Gasteiger partial charge in [-0.3, -0.25) is 4.79 Å². The largest absolute Gasteiger partial charge is 0.378 e. The quantitative estimate of drug-likeness (QED) is 0.157. The van der Waals surface area contributed by atoms with Crippen LogP contribution in [-0.4, -0.2) is 70.4 Å². The van der Waals surface area contributed by atoms with E-state index in [4.69, 9.17) is 4.74 Å². The van der Waals surface area contributed by atoms with Crippen LogP contribution in [0.3, 0.4) is 0 Å². The molecule has 206 valence electrons. The summed E-state index contributed by atoms with van der Waals surface area (Å²) in [5.74, 6) is 0.0307. The monoisotopic (exact) mass is 502 g/mol. The molecule has 5 nitrogen and oxygen atoms in total. The molecule has 1 aliphatic rings. The minimum Gasteiger partial charge on any atom is -0.378 e. The zero-order valence-electron chi connectivity index (χ0n) is 23.9. The molecule has 5 heteroatoms. The number of quaternary nitrogens is 1. The highest BCUT2D eigenvalue weighted by molar-refractivity contribution is 5.94. The average Bonchev–Trinajstić information content (AvgIpc) is 2.89. The van der Waals surface area contributed by atoms with E-state index in [0.29, 0.717) is 0 Å². The van der Waals surface area contributed by atoms with Crippen molar-refractivity contribution < 1.29 is 14.0 Å². The van der Waals surface area contributed by atoms with Gasteiger partial charge in [-0.1, -0.05) is 84.0 Å². The van der Waals surface area contributed by atoms with E-state index in [9.17, 15) is 4.79 Å². The maximum Gasteiger partial charge on any atom is 0.251 e. The molecule has 0 aliphatic carbocycles. The molecular weight excluding hydrogens is 446 g/mol. The summed E-state index contributed by atoms with van der Waals surface area (Å²) in [5.41, 5.74) is 1.85. The van der Waals surface area contributed by atoms with Crippen molar-refractivity contribution in [2.45, 2.75) is 96.8 Å². The van der Waals surface area contributed by atoms with Crippen LogP contribution in [0.15, 0.2) is 24.3 Å². The lowest BCUT2D eigenvalue weighted by Gasteiger charge is -2.41. The Labute approximate surface area is 222 Å². The van der Waals surface area contributed by atoms with Crippen molar-refractivity contribution in [2.75, 3.05) is 64.9 Å². The van der Waals surface area contributed by atoms with Gasteiger partial charge in [0, 0.05) is 25.3 Å². The fourth-order valence-electron chi connectivity index (χ4n) is 5.35. The molecule has 1 N–H and O–H groups in total. The third-order valence-corrected chi connectivity index (χ3v) is 7.92. The molecule has 1 aromatic carbocycles. The number of morpholine rings is 1. The van der Waals surface area contributed by atoms with Gasteiger partial charge in [0.15, 0.2) is 0 Å². The number of ether oxygens (including phenoxy) is 1. The van der Waals surface area contributed by atoms with Crippen molar-refractivity contribution in [1.29, 1.82) is 0 Å². The Balaban J connectivity index is 1.56. The molecule has 36 heavy (non-hydrogen) atoms. The average molecular weight is 503 g/mol. The van der Waals surface area contributed by atoms with E-state index in [-0.39, 0.29) is 5.91 Å². The van der Waals surface area contributed by atoms with Gasteiger partial charge >= 0.3 is 0 Å². The number of nitrogens with one attached hydrogen (secondary N) is 1. The summed E-state index contributed by atoms with van der Waals surface area (Å²) >= 11 is 0. The zero-order chi connectivity index (χ0) is 25.9. The van der Waals surface area contributed by atoms with Gasteiger partial charge in [-0.05, 0) is 37.1 Å². The maximum absolute atomic E-state index is 12.6. The molecule has 0 saturated carbocycles. The second kappa shape index (κ2) is 18.6. The van der Waals surface area contributed by atoms with Gasteiger partial charge in [-0.15, -0.1) is 0 Å². The van der Waals surface area contributed by atoms with Crippen LogP contribution in [0, 0.1) is 0 Å². The van der Waals surface area contributed by atoms with Crippen LogP contribution >= 0.6 is 0 Å². The molecule has 1 amide bonds. The van der Waals surface area contributed by atoms with Crippen LogP contribution in [0.25, 0.3) is 0 Å². The Morgan fingerprint density at radius 3 is 1.78 bits per heavy atom. The number of carbonyl (C=O) groups is 1. The van der Waals surface area contributed by atoms with Crippen LogP contribution in [0.1, 0.15) is 107 Å². The normalized spacial score (nSPS) is 15.1. The highest BCUT2D eigenvalue weighted by Crippen LogP contribution is 2.17. The van der Waals surface area contributed by atoms with Crippen LogP contribution in [0.4, 0.5) is 5.69 Å². The summed E-state index contributed by atoms with van der Waals surface area (Å²) in [4.78, 5) is 14.7. The van der Waals surface area contributed by atoms with Gasteiger partial charge < -0.3 is 19.4 Å². The Bertz CT molecular complexity index is 684. The lowest BCUT2D eigenvalue weighted by molar-refractivity contribution is -0.934. The van der Waals surface area contributed by atoms with Gasteiger partial charge in [0.25, 0.3) is 5.91 Å². The van der Waals surface area contributed by atoms with E-state index in [1.54, 1.807) is 0 Å². The van der Waals surface area contributed by atoms with E-state index in [1.807, 2.05) is 43.3 Å². The highest BCUT2D eigenvalue weighted by atomic mass is 16.5. The molecule has 0 radical (unpaired) electrons. The summed E-state index contributed by atoms with van der Waals surface area (Å²) in [6.07, 6.45) is 19.6. The molecule has 1 aromatic rings. The van der Waals surface area contributed by atoms with Crippen LogP contribution in [0.2, 0.25) is 0 Å². The number of rotatable bonds is 20. The maximum atomic E-state index is 12.6. The molecule has 1 saturated heterocycles. The minimum atomic E-state index is 0.0307. The molecule has 0 spiro atoms. The summed E-state index contributed by atoms with van der Waals surface area (Å²) in [5, 5.41) is 3.16. The fraction of sp³-hybridized carbons (Fsp3) is 0.774. The lowest BCUT2D eigenvalue weighted by Crippen LogP contribution is -2.58. The summed E-state index contributed by atoms with van der Waals surface area (Å²) < 4.78 is 6.76. The number of benzene rings is 1. The van der Waals surface area contributed by atoms with Crippen molar-refractivity contribution in [3.63, 3.8) is 0 Å². The number of nitrogens with zero attached hydrogens (tertiary/aromatic N) is 2. The predicted molar refractivity (Wildman–Crippen MR) is 154 cm³/mol. The molecule has 0 aromatic heterocycles. The summed E-state index contributed by atoms with van der Waals surface area (Å²) in [6, 6.07) is 7.83. The smallest absolute Gasteiger partial charge is 0.251 e. The van der Waals surface area contributed by atoms with Crippen molar-refractivity contribution >= 4 is 11.6 Å². The minimum absolute atomic E-state index is 0.0307. The molecule has 0 atom stereocenters. The second-order valence-electron chi connectivity index (χ2n) is 11.1. The van der Waals surface area contributed by atoms with Gasteiger partial charge in [0.05, 0.1) is 32.8 Å². The SMILES string of the molecule is CCCCCCCCCCCCCCCC[N+]1(CCNC(=O)c2ccc(N(C)C)cc2)CCOCC1. The third kappa shape index (κ3) is 12.6. The first kappa shape index (κ1) is 30.6. The van der Waals surface area contributed by atoms with Crippen molar-refractivity contribution in [3.05, 3.63) is 29.8 Å². The van der Waals surface area contributed by atoms with Crippen molar-refractivity contribution in [3.8, 4) is 0 Å². The highest BCUT2D eigenvalue weighted by Gasteiger charge is 2.29. The summed E-state index contributed by atoms with van der Waals surface area (Å²) in [6.45, 7) is 9.08. The molecule has 1 heterocycles. The lowest BCUT2D eigenvalue weighted by atomic mass is 10.0. The Morgan fingerprint density at radius 1 is 0.778 bits per heavy atom. The Kier molecular flexibility index (Phi) is 15.8. The molecule has 1 aliphatic heterocycles. The van der Waals surface area contributed by atoms with Crippen LogP contribution < -0.4 is 10.2 Å². The Hall–Kier alpha value is -1.59. The fourth-order valence-corrected chi connectivity index (χ4v) is 5.35.